The Morgan fingerprint density at radius 3 is 2.70 bits per heavy atom. The molecule has 4 nitrogen and oxygen atoms in total. The lowest BCUT2D eigenvalue weighted by Gasteiger charge is -2.37. The number of likely N-dealkylation sites (tertiary alicyclic amines) is 1. The van der Waals surface area contributed by atoms with Gasteiger partial charge in [-0.15, -0.1) is 0 Å². The Balaban J connectivity index is 2.35. The lowest BCUT2D eigenvalue weighted by atomic mass is 9.90. The van der Waals surface area contributed by atoms with Crippen LogP contribution < -0.4 is 0 Å². The zero-order chi connectivity index (χ0) is 14.9. The highest BCUT2D eigenvalue weighted by molar-refractivity contribution is 9.11. The number of rotatable bonds is 2. The number of hydrogen-bond acceptors (Lipinski definition) is 2. The largest absolute Gasteiger partial charge is 0.480 e. The van der Waals surface area contributed by atoms with Gasteiger partial charge in [0.15, 0.2) is 0 Å². The summed E-state index contributed by atoms with van der Waals surface area (Å²) in [5.74, 6) is -1.20. The molecule has 1 aromatic rings. The van der Waals surface area contributed by atoms with Crippen LogP contribution in [0.25, 0.3) is 0 Å². The predicted molar refractivity (Wildman–Crippen MR) is 82.7 cm³/mol. The number of benzene rings is 1. The molecule has 1 fully saturated rings. The van der Waals surface area contributed by atoms with E-state index in [-0.39, 0.29) is 11.8 Å². The van der Waals surface area contributed by atoms with Gasteiger partial charge in [0.2, 0.25) is 0 Å². The van der Waals surface area contributed by atoms with Gasteiger partial charge in [-0.1, -0.05) is 22.9 Å². The highest BCUT2D eigenvalue weighted by Crippen LogP contribution is 2.28. The molecule has 20 heavy (non-hydrogen) atoms. The molecule has 0 aromatic heterocycles. The summed E-state index contributed by atoms with van der Waals surface area (Å²) < 4.78 is 1.47. The van der Waals surface area contributed by atoms with Crippen LogP contribution in [-0.4, -0.2) is 34.5 Å². The molecule has 0 spiro atoms. The van der Waals surface area contributed by atoms with Gasteiger partial charge in [0, 0.05) is 15.5 Å². The van der Waals surface area contributed by atoms with Crippen molar-refractivity contribution in [2.24, 2.45) is 5.92 Å². The summed E-state index contributed by atoms with van der Waals surface area (Å²) in [4.78, 5) is 25.6. The van der Waals surface area contributed by atoms with Gasteiger partial charge in [-0.25, -0.2) is 4.79 Å². The number of carbonyl (C=O) groups is 2. The molecule has 0 bridgehead atoms. The highest BCUT2D eigenvalue weighted by atomic mass is 79.9. The Morgan fingerprint density at radius 2 is 2.05 bits per heavy atom. The molecule has 1 amide bonds. The van der Waals surface area contributed by atoms with Crippen LogP contribution in [0.5, 0.6) is 0 Å². The van der Waals surface area contributed by atoms with Crippen molar-refractivity contribution < 1.29 is 14.7 Å². The van der Waals surface area contributed by atoms with Crippen molar-refractivity contribution >= 4 is 43.7 Å². The van der Waals surface area contributed by atoms with E-state index in [4.69, 9.17) is 0 Å². The van der Waals surface area contributed by atoms with Gasteiger partial charge >= 0.3 is 5.97 Å². The average Bonchev–Trinajstić information content (AvgIpc) is 2.40. The van der Waals surface area contributed by atoms with Crippen LogP contribution in [0.4, 0.5) is 0 Å². The van der Waals surface area contributed by atoms with Crippen molar-refractivity contribution in [3.8, 4) is 0 Å². The molecule has 0 aliphatic carbocycles. The number of hydrogen-bond donors (Lipinski definition) is 1. The molecule has 6 heteroatoms. The first kappa shape index (κ1) is 15.5. The molecule has 1 N–H and O–H groups in total. The molecule has 1 saturated heterocycles. The molecule has 108 valence electrons. The number of aliphatic carboxylic acids is 1. The summed E-state index contributed by atoms with van der Waals surface area (Å²) in [6.45, 7) is 2.37. The first-order chi connectivity index (χ1) is 9.41. The third kappa shape index (κ3) is 3.06. The number of carboxylic acids is 1. The SMILES string of the molecule is CC1CCCN(C(=O)c2cc(Br)ccc2Br)C1C(=O)O. The molecule has 1 heterocycles. The minimum Gasteiger partial charge on any atom is -0.480 e. The van der Waals surface area contributed by atoms with Crippen LogP contribution in [0.2, 0.25) is 0 Å². The van der Waals surface area contributed by atoms with Crippen LogP contribution in [0.3, 0.4) is 0 Å². The third-order valence-electron chi connectivity index (χ3n) is 3.61. The summed E-state index contributed by atoms with van der Waals surface area (Å²) in [6, 6.07) is 4.57. The molecule has 2 rings (SSSR count). The standard InChI is InChI=1S/C14H15Br2NO3/c1-8-3-2-6-17(12(8)14(19)20)13(18)10-7-9(15)4-5-11(10)16/h4-5,7-8,12H,2-3,6H2,1H3,(H,19,20). The van der Waals surface area contributed by atoms with Crippen molar-refractivity contribution in [2.45, 2.75) is 25.8 Å². The van der Waals surface area contributed by atoms with Crippen molar-refractivity contribution in [2.75, 3.05) is 6.54 Å². The first-order valence-electron chi connectivity index (χ1n) is 6.40. The summed E-state index contributed by atoms with van der Waals surface area (Å²) in [5.41, 5.74) is 0.486. The Kier molecular flexibility index (Phi) is 4.86. The van der Waals surface area contributed by atoms with E-state index in [0.29, 0.717) is 16.6 Å². The zero-order valence-electron chi connectivity index (χ0n) is 11.0. The highest BCUT2D eigenvalue weighted by Gasteiger charge is 2.37. The Labute approximate surface area is 134 Å². The lowest BCUT2D eigenvalue weighted by Crippen LogP contribution is -2.52. The van der Waals surface area contributed by atoms with Gasteiger partial charge in [0.05, 0.1) is 5.56 Å². The zero-order valence-corrected chi connectivity index (χ0v) is 14.1. The topological polar surface area (TPSA) is 57.6 Å². The maximum absolute atomic E-state index is 12.6. The number of carboxylic acid groups (broad SMARTS) is 1. The van der Waals surface area contributed by atoms with Gasteiger partial charge in [-0.3, -0.25) is 4.79 Å². The predicted octanol–water partition coefficient (Wildman–Crippen LogP) is 3.54. The van der Waals surface area contributed by atoms with Gasteiger partial charge < -0.3 is 10.0 Å². The van der Waals surface area contributed by atoms with Crippen LogP contribution in [0.15, 0.2) is 27.1 Å². The lowest BCUT2D eigenvalue weighted by molar-refractivity contribution is -0.145. The smallest absolute Gasteiger partial charge is 0.326 e. The Bertz CT molecular complexity index is 547. The fourth-order valence-electron chi connectivity index (χ4n) is 2.61. The van der Waals surface area contributed by atoms with E-state index >= 15 is 0 Å². The van der Waals surface area contributed by atoms with Gasteiger partial charge in [0.1, 0.15) is 6.04 Å². The molecule has 1 aliphatic heterocycles. The van der Waals surface area contributed by atoms with E-state index in [1.165, 1.54) is 4.90 Å². The van der Waals surface area contributed by atoms with Crippen LogP contribution >= 0.6 is 31.9 Å². The van der Waals surface area contributed by atoms with Gasteiger partial charge in [0.25, 0.3) is 5.91 Å². The summed E-state index contributed by atoms with van der Waals surface area (Å²) in [6.07, 6.45) is 1.67. The second-order valence-electron chi connectivity index (χ2n) is 5.03. The van der Waals surface area contributed by atoms with E-state index in [1.54, 1.807) is 12.1 Å². The summed E-state index contributed by atoms with van der Waals surface area (Å²) >= 11 is 6.69. The molecule has 0 radical (unpaired) electrons. The molecule has 2 atom stereocenters. The number of halogens is 2. The van der Waals surface area contributed by atoms with Crippen molar-refractivity contribution in [1.82, 2.24) is 4.90 Å². The van der Waals surface area contributed by atoms with E-state index < -0.39 is 12.0 Å². The second kappa shape index (κ2) is 6.26. The number of piperidine rings is 1. The number of amides is 1. The summed E-state index contributed by atoms with van der Waals surface area (Å²) in [7, 11) is 0. The molecular formula is C14H15Br2NO3. The van der Waals surface area contributed by atoms with Crippen molar-refractivity contribution in [1.29, 1.82) is 0 Å². The molecule has 2 unspecified atom stereocenters. The summed E-state index contributed by atoms with van der Waals surface area (Å²) in [5, 5.41) is 9.38. The fraction of sp³-hybridized carbons (Fsp3) is 0.429. The second-order valence-corrected chi connectivity index (χ2v) is 6.80. The van der Waals surface area contributed by atoms with Crippen LogP contribution in [-0.2, 0) is 4.79 Å². The normalized spacial score (nSPS) is 22.6. The number of nitrogens with zero attached hydrogens (tertiary/aromatic N) is 1. The minimum atomic E-state index is -0.934. The maximum atomic E-state index is 12.6. The maximum Gasteiger partial charge on any atom is 0.326 e. The third-order valence-corrected chi connectivity index (χ3v) is 4.79. The average molecular weight is 405 g/mol. The fourth-order valence-corrected chi connectivity index (χ4v) is 3.39. The van der Waals surface area contributed by atoms with Gasteiger partial charge in [-0.05, 0) is 52.9 Å². The molecule has 1 aromatic carbocycles. The minimum absolute atomic E-state index is 0.0314. The van der Waals surface area contributed by atoms with Crippen molar-refractivity contribution in [3.63, 3.8) is 0 Å². The monoisotopic (exact) mass is 403 g/mol. The van der Waals surface area contributed by atoms with Crippen LogP contribution in [0.1, 0.15) is 30.1 Å². The molecule has 1 aliphatic rings. The Hall–Kier alpha value is -0.880. The number of carbonyl (C=O) groups excluding carboxylic acids is 1. The first-order valence-corrected chi connectivity index (χ1v) is 7.99. The quantitative estimate of drug-likeness (QED) is 0.820. The van der Waals surface area contributed by atoms with E-state index in [1.807, 2.05) is 13.0 Å². The van der Waals surface area contributed by atoms with Crippen LogP contribution in [0, 0.1) is 5.92 Å². The van der Waals surface area contributed by atoms with E-state index in [9.17, 15) is 14.7 Å². The van der Waals surface area contributed by atoms with E-state index in [0.717, 1.165) is 17.3 Å². The molecular weight excluding hydrogens is 390 g/mol. The molecule has 0 saturated carbocycles. The van der Waals surface area contributed by atoms with Crippen molar-refractivity contribution in [3.05, 3.63) is 32.7 Å². The Morgan fingerprint density at radius 1 is 1.35 bits per heavy atom. The van der Waals surface area contributed by atoms with E-state index in [2.05, 4.69) is 31.9 Å². The van der Waals surface area contributed by atoms with Gasteiger partial charge in [-0.2, -0.15) is 0 Å².